The van der Waals surface area contributed by atoms with Crippen LogP contribution in [0.4, 0.5) is 0 Å². The molecule has 0 saturated carbocycles. The Kier molecular flexibility index (Phi) is 3.53. The molecule has 0 atom stereocenters. The Morgan fingerprint density at radius 1 is 1.17 bits per heavy atom. The summed E-state index contributed by atoms with van der Waals surface area (Å²) in [6, 6.07) is 12.9. The number of rotatable bonds is 3. The van der Waals surface area contributed by atoms with E-state index in [4.69, 9.17) is 5.11 Å². The first-order valence-electron chi connectivity index (χ1n) is 5.60. The Labute approximate surface area is 105 Å². The zero-order valence-corrected chi connectivity index (χ0v) is 10.00. The van der Waals surface area contributed by atoms with Crippen LogP contribution < -0.4 is 0 Å². The topological polar surface area (TPSA) is 50.2 Å². The largest absolute Gasteiger partial charge is 0.478 e. The zero-order chi connectivity index (χ0) is 13.0. The number of carbonyl (C=O) groups is 1. The van der Waals surface area contributed by atoms with Gasteiger partial charge in [0.2, 0.25) is 0 Å². The van der Waals surface area contributed by atoms with E-state index >= 15 is 0 Å². The van der Waals surface area contributed by atoms with E-state index < -0.39 is 5.97 Å². The van der Waals surface area contributed by atoms with E-state index in [9.17, 15) is 4.79 Å². The fourth-order valence-corrected chi connectivity index (χ4v) is 1.65. The highest BCUT2D eigenvalue weighted by Gasteiger charge is 2.04. The third kappa shape index (κ3) is 3.04. The summed E-state index contributed by atoms with van der Waals surface area (Å²) < 4.78 is 0. The zero-order valence-electron chi connectivity index (χ0n) is 10.00. The quantitative estimate of drug-likeness (QED) is 0.894. The van der Waals surface area contributed by atoms with E-state index in [-0.39, 0.29) is 5.56 Å². The normalized spacial score (nSPS) is 10.7. The summed E-state index contributed by atoms with van der Waals surface area (Å²) >= 11 is 0. The van der Waals surface area contributed by atoms with Gasteiger partial charge < -0.3 is 5.11 Å². The lowest BCUT2D eigenvalue weighted by Gasteiger charge is -2.00. The molecule has 0 aliphatic rings. The van der Waals surface area contributed by atoms with Crippen LogP contribution in [0.25, 0.3) is 12.2 Å². The molecule has 0 fully saturated rings. The number of benzene rings is 1. The van der Waals surface area contributed by atoms with Crippen molar-refractivity contribution in [2.45, 2.75) is 6.92 Å². The Bertz CT molecular complexity index is 589. The van der Waals surface area contributed by atoms with Gasteiger partial charge in [0.25, 0.3) is 0 Å². The first kappa shape index (κ1) is 12.0. The number of hydrogen-bond acceptors (Lipinski definition) is 2. The summed E-state index contributed by atoms with van der Waals surface area (Å²) in [6.07, 6.45) is 3.72. The second kappa shape index (κ2) is 5.27. The fraction of sp³-hybridized carbons (Fsp3) is 0.0667. The van der Waals surface area contributed by atoms with Gasteiger partial charge in [-0.3, -0.25) is 4.98 Å². The molecule has 1 N–H and O–H groups in total. The number of aromatic carboxylic acids is 1. The molecular weight excluding hydrogens is 226 g/mol. The van der Waals surface area contributed by atoms with Crippen molar-refractivity contribution < 1.29 is 9.90 Å². The van der Waals surface area contributed by atoms with Gasteiger partial charge >= 0.3 is 5.97 Å². The molecule has 1 heterocycles. The van der Waals surface area contributed by atoms with Gasteiger partial charge in [-0.2, -0.15) is 0 Å². The smallest absolute Gasteiger partial charge is 0.335 e. The predicted molar refractivity (Wildman–Crippen MR) is 71.3 cm³/mol. The summed E-state index contributed by atoms with van der Waals surface area (Å²) in [6.45, 7) is 1.78. The molecule has 0 saturated heterocycles. The second-order valence-electron chi connectivity index (χ2n) is 3.97. The van der Waals surface area contributed by atoms with E-state index in [0.29, 0.717) is 11.4 Å². The van der Waals surface area contributed by atoms with Crippen LogP contribution in [0, 0.1) is 6.92 Å². The Morgan fingerprint density at radius 2 is 1.89 bits per heavy atom. The number of carboxylic acids is 1. The van der Waals surface area contributed by atoms with Crippen LogP contribution in [0.2, 0.25) is 0 Å². The third-order valence-corrected chi connectivity index (χ3v) is 2.47. The highest BCUT2D eigenvalue weighted by Crippen LogP contribution is 2.10. The molecule has 0 bridgehead atoms. The van der Waals surface area contributed by atoms with Gasteiger partial charge in [0, 0.05) is 5.69 Å². The van der Waals surface area contributed by atoms with Gasteiger partial charge in [-0.05, 0) is 30.7 Å². The summed E-state index contributed by atoms with van der Waals surface area (Å²) in [4.78, 5) is 15.2. The maximum atomic E-state index is 10.9. The third-order valence-electron chi connectivity index (χ3n) is 2.47. The molecule has 0 spiro atoms. The summed E-state index contributed by atoms with van der Waals surface area (Å²) in [5.74, 6) is -0.935. The number of carboxylic acid groups (broad SMARTS) is 1. The van der Waals surface area contributed by atoms with Crippen LogP contribution in [-0.2, 0) is 0 Å². The molecule has 1 aromatic carbocycles. The lowest BCUT2D eigenvalue weighted by Crippen LogP contribution is -1.99. The minimum atomic E-state index is -0.935. The number of pyridine rings is 1. The number of aromatic nitrogens is 1. The van der Waals surface area contributed by atoms with Crippen LogP contribution >= 0.6 is 0 Å². The van der Waals surface area contributed by atoms with Crippen LogP contribution in [0.3, 0.4) is 0 Å². The molecule has 3 nitrogen and oxygen atoms in total. The monoisotopic (exact) mass is 239 g/mol. The van der Waals surface area contributed by atoms with Crippen LogP contribution in [0.5, 0.6) is 0 Å². The van der Waals surface area contributed by atoms with Gasteiger partial charge in [0.05, 0.1) is 11.3 Å². The molecule has 1 aromatic heterocycles. The minimum Gasteiger partial charge on any atom is -0.478 e. The first-order valence-corrected chi connectivity index (χ1v) is 5.60. The molecule has 0 radical (unpaired) electrons. The van der Waals surface area contributed by atoms with Crippen molar-refractivity contribution in [1.29, 1.82) is 0 Å². The van der Waals surface area contributed by atoms with Crippen LogP contribution in [0.15, 0.2) is 42.5 Å². The fourth-order valence-electron chi connectivity index (χ4n) is 1.65. The SMILES string of the molecule is Cc1cc(C(=O)O)cc(C=Cc2ccccc2)n1. The molecule has 3 heteroatoms. The molecule has 18 heavy (non-hydrogen) atoms. The molecule has 0 aliphatic carbocycles. The van der Waals surface area contributed by atoms with Gasteiger partial charge in [-0.25, -0.2) is 4.79 Å². The van der Waals surface area contributed by atoms with E-state index in [1.165, 1.54) is 0 Å². The van der Waals surface area contributed by atoms with Crippen LogP contribution in [0.1, 0.15) is 27.3 Å². The Balaban J connectivity index is 2.29. The van der Waals surface area contributed by atoms with Crippen molar-refractivity contribution in [3.05, 3.63) is 65.0 Å². The molecule has 0 aliphatic heterocycles. The lowest BCUT2D eigenvalue weighted by atomic mass is 10.1. The molecule has 90 valence electrons. The summed E-state index contributed by atoms with van der Waals surface area (Å²) in [5, 5.41) is 8.97. The Morgan fingerprint density at radius 3 is 2.56 bits per heavy atom. The van der Waals surface area contributed by atoms with E-state index in [2.05, 4.69) is 4.98 Å². The maximum absolute atomic E-state index is 10.9. The summed E-state index contributed by atoms with van der Waals surface area (Å²) in [7, 11) is 0. The average Bonchev–Trinajstić information content (AvgIpc) is 2.37. The van der Waals surface area contributed by atoms with Crippen LogP contribution in [-0.4, -0.2) is 16.1 Å². The summed E-state index contributed by atoms with van der Waals surface area (Å²) in [5.41, 5.74) is 2.66. The molecule has 0 unspecified atom stereocenters. The Hall–Kier alpha value is -2.42. The van der Waals surface area contributed by atoms with Gasteiger partial charge in [-0.1, -0.05) is 36.4 Å². The molecule has 0 amide bonds. The highest BCUT2D eigenvalue weighted by atomic mass is 16.4. The van der Waals surface area contributed by atoms with Gasteiger partial charge in [-0.15, -0.1) is 0 Å². The van der Waals surface area contributed by atoms with Crippen molar-refractivity contribution in [2.24, 2.45) is 0 Å². The number of nitrogens with zero attached hydrogens (tertiary/aromatic N) is 1. The first-order chi connectivity index (χ1) is 8.65. The van der Waals surface area contributed by atoms with Crippen molar-refractivity contribution in [2.75, 3.05) is 0 Å². The average molecular weight is 239 g/mol. The number of hydrogen-bond donors (Lipinski definition) is 1. The number of aryl methyl sites for hydroxylation is 1. The van der Waals surface area contributed by atoms with E-state index in [1.807, 2.05) is 42.5 Å². The van der Waals surface area contributed by atoms with Crippen molar-refractivity contribution in [3.63, 3.8) is 0 Å². The van der Waals surface area contributed by atoms with Gasteiger partial charge in [0.15, 0.2) is 0 Å². The maximum Gasteiger partial charge on any atom is 0.335 e. The lowest BCUT2D eigenvalue weighted by molar-refractivity contribution is 0.0696. The molecule has 2 rings (SSSR count). The molecular formula is C15H13NO2. The minimum absolute atomic E-state index is 0.259. The van der Waals surface area contributed by atoms with E-state index in [0.717, 1.165) is 5.56 Å². The highest BCUT2D eigenvalue weighted by molar-refractivity contribution is 5.88. The molecule has 2 aromatic rings. The van der Waals surface area contributed by atoms with Crippen molar-refractivity contribution in [1.82, 2.24) is 4.98 Å². The van der Waals surface area contributed by atoms with Gasteiger partial charge in [0.1, 0.15) is 0 Å². The van der Waals surface area contributed by atoms with Crippen molar-refractivity contribution in [3.8, 4) is 0 Å². The standard InChI is InChI=1S/C15H13NO2/c1-11-9-13(15(17)18)10-14(16-11)8-7-12-5-3-2-4-6-12/h2-10H,1H3,(H,17,18). The van der Waals surface area contributed by atoms with E-state index in [1.54, 1.807) is 19.1 Å². The van der Waals surface area contributed by atoms with Crippen molar-refractivity contribution >= 4 is 18.1 Å². The second-order valence-corrected chi connectivity index (χ2v) is 3.97. The predicted octanol–water partition coefficient (Wildman–Crippen LogP) is 3.26.